The number of allylic oxidation sites excluding steroid dienone is 14. The molecule has 0 bridgehead atoms. The van der Waals surface area contributed by atoms with Gasteiger partial charge in [0.15, 0.2) is 6.10 Å². The van der Waals surface area contributed by atoms with Gasteiger partial charge in [-0.05, 0) is 96.3 Å². The minimum atomic E-state index is -0.775. The molecule has 83 heavy (non-hydrogen) atoms. The number of carbonyl (C=O) groups is 3. The van der Waals surface area contributed by atoms with Gasteiger partial charge in [0, 0.05) is 19.3 Å². The Kier molecular flexibility index (Phi) is 68.2. The van der Waals surface area contributed by atoms with E-state index in [0.29, 0.717) is 19.3 Å². The van der Waals surface area contributed by atoms with E-state index in [1.54, 1.807) is 0 Å². The number of esters is 3. The van der Waals surface area contributed by atoms with E-state index < -0.39 is 6.10 Å². The Balaban J connectivity index is 4.16. The van der Waals surface area contributed by atoms with Crippen LogP contribution in [0.2, 0.25) is 0 Å². The molecule has 0 aromatic rings. The van der Waals surface area contributed by atoms with Crippen LogP contribution in [0.25, 0.3) is 0 Å². The van der Waals surface area contributed by atoms with E-state index in [1.807, 2.05) is 0 Å². The maximum atomic E-state index is 12.9. The van der Waals surface area contributed by atoms with Gasteiger partial charge in [-0.3, -0.25) is 14.4 Å². The third-order valence-electron chi connectivity index (χ3n) is 15.9. The van der Waals surface area contributed by atoms with Crippen LogP contribution < -0.4 is 0 Å². The van der Waals surface area contributed by atoms with Crippen molar-refractivity contribution in [2.75, 3.05) is 13.2 Å². The average molecular weight is 1160 g/mol. The minimum absolute atomic E-state index is 0.0716. The van der Waals surface area contributed by atoms with Crippen LogP contribution in [0.5, 0.6) is 0 Å². The Hall–Kier alpha value is -3.41. The second-order valence-electron chi connectivity index (χ2n) is 24.1. The van der Waals surface area contributed by atoms with Crippen molar-refractivity contribution >= 4 is 17.9 Å². The van der Waals surface area contributed by atoms with Gasteiger partial charge in [-0.1, -0.05) is 337 Å². The number of ether oxygens (including phenoxy) is 3. The van der Waals surface area contributed by atoms with Gasteiger partial charge in [0.25, 0.3) is 0 Å². The van der Waals surface area contributed by atoms with Gasteiger partial charge >= 0.3 is 17.9 Å². The molecule has 0 rings (SSSR count). The Morgan fingerprint density at radius 1 is 0.253 bits per heavy atom. The summed E-state index contributed by atoms with van der Waals surface area (Å²) in [6.45, 7) is 6.57. The Morgan fingerprint density at radius 2 is 0.470 bits per heavy atom. The molecule has 0 aromatic heterocycles. The molecule has 0 aliphatic rings. The Bertz CT molecular complexity index is 1570. The van der Waals surface area contributed by atoms with Gasteiger partial charge in [-0.25, -0.2) is 0 Å². The molecular formula is C77H136O6. The van der Waals surface area contributed by atoms with Gasteiger partial charge in [0.05, 0.1) is 0 Å². The van der Waals surface area contributed by atoms with Crippen LogP contribution in [0.4, 0.5) is 0 Å². The minimum Gasteiger partial charge on any atom is -0.462 e. The van der Waals surface area contributed by atoms with Gasteiger partial charge in [-0.15, -0.1) is 0 Å². The van der Waals surface area contributed by atoms with Crippen LogP contribution >= 0.6 is 0 Å². The summed E-state index contributed by atoms with van der Waals surface area (Å²) in [7, 11) is 0. The van der Waals surface area contributed by atoms with Gasteiger partial charge < -0.3 is 14.2 Å². The van der Waals surface area contributed by atoms with Crippen LogP contribution in [-0.4, -0.2) is 37.2 Å². The van der Waals surface area contributed by atoms with Crippen molar-refractivity contribution < 1.29 is 28.6 Å². The van der Waals surface area contributed by atoms with Crippen molar-refractivity contribution in [1.29, 1.82) is 0 Å². The highest BCUT2D eigenvalue weighted by Gasteiger charge is 2.19. The van der Waals surface area contributed by atoms with Crippen molar-refractivity contribution in [2.24, 2.45) is 0 Å². The SMILES string of the molecule is CC/C=C\C/C=C\C/C=C\C/C=C\C/C=C\C/C=C\CCCCCCCCCCCCCCCCC(=O)OCC(COC(=O)CCCCCCCCCCCCC)OC(=O)CCCCCCCCCCC/C=C\CCCCCCCCCC. The number of hydrogen-bond acceptors (Lipinski definition) is 6. The molecule has 480 valence electrons. The summed E-state index contributed by atoms with van der Waals surface area (Å²) in [6.07, 6.45) is 94.8. The first-order valence-corrected chi connectivity index (χ1v) is 36.1. The zero-order valence-electron chi connectivity index (χ0n) is 55.2. The highest BCUT2D eigenvalue weighted by atomic mass is 16.6. The second-order valence-corrected chi connectivity index (χ2v) is 24.1. The number of unbranched alkanes of at least 4 members (excludes halogenated alkanes) is 41. The molecule has 0 spiro atoms. The zero-order chi connectivity index (χ0) is 59.9. The topological polar surface area (TPSA) is 78.9 Å². The first-order chi connectivity index (χ1) is 41.0. The third kappa shape index (κ3) is 69.3. The van der Waals surface area contributed by atoms with Crippen LogP contribution in [0.1, 0.15) is 367 Å². The van der Waals surface area contributed by atoms with Crippen LogP contribution in [0.15, 0.2) is 85.1 Å². The van der Waals surface area contributed by atoms with E-state index in [4.69, 9.17) is 14.2 Å². The van der Waals surface area contributed by atoms with Gasteiger partial charge in [0.1, 0.15) is 13.2 Å². The predicted octanol–water partition coefficient (Wildman–Crippen LogP) is 25.0. The Morgan fingerprint density at radius 3 is 0.747 bits per heavy atom. The maximum Gasteiger partial charge on any atom is 0.306 e. The summed E-state index contributed by atoms with van der Waals surface area (Å²) in [5.74, 6) is -0.855. The lowest BCUT2D eigenvalue weighted by Gasteiger charge is -2.18. The summed E-state index contributed by atoms with van der Waals surface area (Å²) in [5, 5.41) is 0. The van der Waals surface area contributed by atoms with Gasteiger partial charge in [-0.2, -0.15) is 0 Å². The standard InChI is InChI=1S/C77H136O6/c1-4-7-10-13-16-19-22-24-26-28-30-32-33-34-35-36-37-38-39-40-41-42-43-45-46-48-50-52-55-58-61-64-67-70-76(79)82-73-74(72-81-75(78)69-66-63-60-57-54-21-18-15-12-9-6-3)83-77(80)71-68-65-62-59-56-53-51-49-47-44-31-29-27-25-23-20-17-14-11-8-5-2/h7,10,16,19,24,26,29-32,34-35,37-38,74H,4-6,8-9,11-15,17-18,20-23,25,27-28,33,36,39-73H2,1-3H3/b10-7-,19-16-,26-24-,31-29-,32-30-,35-34-,38-37-. The molecule has 0 N–H and O–H groups in total. The summed E-state index contributed by atoms with van der Waals surface area (Å²) >= 11 is 0. The zero-order valence-corrected chi connectivity index (χ0v) is 55.2. The molecular weight excluding hydrogens is 1020 g/mol. The lowest BCUT2D eigenvalue weighted by Crippen LogP contribution is -2.30. The van der Waals surface area contributed by atoms with Crippen molar-refractivity contribution in [3.63, 3.8) is 0 Å². The number of rotatable bonds is 66. The van der Waals surface area contributed by atoms with Gasteiger partial charge in [0.2, 0.25) is 0 Å². The summed E-state index contributed by atoms with van der Waals surface area (Å²) in [5.41, 5.74) is 0. The number of carbonyl (C=O) groups excluding carboxylic acids is 3. The molecule has 6 nitrogen and oxygen atoms in total. The highest BCUT2D eigenvalue weighted by Crippen LogP contribution is 2.18. The molecule has 0 amide bonds. The second kappa shape index (κ2) is 71.1. The van der Waals surface area contributed by atoms with Crippen molar-refractivity contribution in [2.45, 2.75) is 374 Å². The van der Waals surface area contributed by atoms with E-state index in [1.165, 1.54) is 231 Å². The van der Waals surface area contributed by atoms with Crippen LogP contribution in [-0.2, 0) is 28.6 Å². The predicted molar refractivity (Wildman–Crippen MR) is 362 cm³/mol. The number of hydrogen-bond donors (Lipinski definition) is 0. The molecule has 6 heteroatoms. The van der Waals surface area contributed by atoms with Crippen molar-refractivity contribution in [1.82, 2.24) is 0 Å². The molecule has 0 aliphatic heterocycles. The third-order valence-corrected chi connectivity index (χ3v) is 15.9. The molecule has 0 fully saturated rings. The van der Waals surface area contributed by atoms with Crippen LogP contribution in [0.3, 0.4) is 0 Å². The van der Waals surface area contributed by atoms with E-state index in [-0.39, 0.29) is 31.1 Å². The van der Waals surface area contributed by atoms with E-state index in [0.717, 1.165) is 96.3 Å². The Labute approximate surface area is 515 Å². The largest absolute Gasteiger partial charge is 0.462 e. The summed E-state index contributed by atoms with van der Waals surface area (Å²) < 4.78 is 17.0. The lowest BCUT2D eigenvalue weighted by molar-refractivity contribution is -0.167. The van der Waals surface area contributed by atoms with E-state index in [2.05, 4.69) is 106 Å². The fraction of sp³-hybridized carbons (Fsp3) is 0.779. The monoisotopic (exact) mass is 1160 g/mol. The van der Waals surface area contributed by atoms with E-state index >= 15 is 0 Å². The fourth-order valence-electron chi connectivity index (χ4n) is 10.5. The summed E-state index contributed by atoms with van der Waals surface area (Å²) in [6, 6.07) is 0. The van der Waals surface area contributed by atoms with Crippen LogP contribution in [0, 0.1) is 0 Å². The smallest absolute Gasteiger partial charge is 0.306 e. The summed E-state index contributed by atoms with van der Waals surface area (Å²) in [4.78, 5) is 38.4. The first-order valence-electron chi connectivity index (χ1n) is 36.1. The molecule has 0 aromatic carbocycles. The first kappa shape index (κ1) is 79.6. The molecule has 0 radical (unpaired) electrons. The molecule has 0 aliphatic carbocycles. The average Bonchev–Trinajstić information content (AvgIpc) is 3.48. The molecule has 0 saturated heterocycles. The quantitative estimate of drug-likeness (QED) is 0.0261. The molecule has 0 saturated carbocycles. The molecule has 1 atom stereocenters. The highest BCUT2D eigenvalue weighted by molar-refractivity contribution is 5.71. The molecule has 0 heterocycles. The van der Waals surface area contributed by atoms with Crippen molar-refractivity contribution in [3.05, 3.63) is 85.1 Å². The normalized spacial score (nSPS) is 12.6. The lowest BCUT2D eigenvalue weighted by atomic mass is 10.0. The van der Waals surface area contributed by atoms with Crippen molar-refractivity contribution in [3.8, 4) is 0 Å². The molecule has 1 unspecified atom stereocenters. The maximum absolute atomic E-state index is 12.9. The fourth-order valence-corrected chi connectivity index (χ4v) is 10.5. The van der Waals surface area contributed by atoms with E-state index in [9.17, 15) is 14.4 Å².